The lowest BCUT2D eigenvalue weighted by Crippen LogP contribution is -2.44. The van der Waals surface area contributed by atoms with Gasteiger partial charge in [0.2, 0.25) is 0 Å². The largest absolute Gasteiger partial charge is 0.481 e. The van der Waals surface area contributed by atoms with Gasteiger partial charge in [-0.15, -0.1) is 0 Å². The molecule has 0 spiro atoms. The molecule has 0 saturated carbocycles. The van der Waals surface area contributed by atoms with Gasteiger partial charge in [-0.3, -0.25) is 57.5 Å². The van der Waals surface area contributed by atoms with Crippen molar-refractivity contribution in [3.8, 4) is 0 Å². The van der Waals surface area contributed by atoms with Crippen LogP contribution in [0.3, 0.4) is 0 Å². The zero-order valence-electron chi connectivity index (χ0n) is 70.8. The van der Waals surface area contributed by atoms with E-state index in [-0.39, 0.29) is 68.1 Å². The second kappa shape index (κ2) is 94.0. The molecule has 117 heavy (non-hydrogen) atoms. The second-order valence-electron chi connectivity index (χ2n) is 21.6. The van der Waals surface area contributed by atoms with Gasteiger partial charge in [0, 0.05) is 67.2 Å². The molecule has 0 aliphatic heterocycles. The van der Waals surface area contributed by atoms with Crippen LogP contribution in [0.5, 0.6) is 0 Å². The molecule has 0 unspecified atom stereocenters. The van der Waals surface area contributed by atoms with Crippen LogP contribution in [0.25, 0.3) is 0 Å². The van der Waals surface area contributed by atoms with Crippen LogP contribution in [0.1, 0.15) is 262 Å². The summed E-state index contributed by atoms with van der Waals surface area (Å²) in [6.07, 6.45) is 1.86. The van der Waals surface area contributed by atoms with E-state index in [0.29, 0.717) is 45.3 Å². The van der Waals surface area contributed by atoms with Crippen molar-refractivity contribution in [3.05, 3.63) is 70.8 Å². The van der Waals surface area contributed by atoms with E-state index in [1.165, 1.54) is 47.1 Å². The molecular weight excluding hydrogens is 1570 g/mol. The Hall–Kier alpha value is -10.9. The summed E-state index contributed by atoms with van der Waals surface area (Å²) >= 11 is 0. The Bertz CT molecular complexity index is 2770. The van der Waals surface area contributed by atoms with E-state index in [0.717, 1.165) is 59.3 Å². The zero-order valence-corrected chi connectivity index (χ0v) is 70.8. The average molecular weight is 1700 g/mol. The third-order valence-corrected chi connectivity index (χ3v) is 10.6. The molecule has 41 nitrogen and oxygen atoms in total. The smallest absolute Gasteiger partial charge is 0.339 e. The molecule has 0 atom stereocenters. The number of carboxylic acid groups (broad SMARTS) is 7. The number of methoxy groups -OCH3 is 2. The van der Waals surface area contributed by atoms with E-state index < -0.39 is 145 Å². The highest BCUT2D eigenvalue weighted by molar-refractivity contribution is 6.04. The second-order valence-corrected chi connectivity index (χ2v) is 21.6. The molecule has 14 N–H and O–H groups in total. The molecule has 0 amide bonds. The van der Waals surface area contributed by atoms with Crippen molar-refractivity contribution < 1.29 is 200 Å². The van der Waals surface area contributed by atoms with Gasteiger partial charge >= 0.3 is 83.6 Å². The van der Waals surface area contributed by atoms with Crippen molar-refractivity contribution >= 4 is 101 Å². The van der Waals surface area contributed by atoms with Crippen molar-refractivity contribution in [1.82, 2.24) is 0 Å². The first kappa shape index (κ1) is 132. The molecule has 2 aromatic rings. The average Bonchev–Trinajstić information content (AvgIpc) is 0.870. The van der Waals surface area contributed by atoms with Gasteiger partial charge in [0.25, 0.3) is 17.9 Å². The number of carbonyl (C=O) groups excluding carboxylic acids is 10. The van der Waals surface area contributed by atoms with Crippen LogP contribution in [-0.4, -0.2) is 264 Å². The molecule has 2 aromatic carbocycles. The number of aliphatic hydroxyl groups excluding tert-OH is 3. The minimum Gasteiger partial charge on any atom is -0.481 e. The number of carboxylic acids is 7. The third-order valence-electron chi connectivity index (χ3n) is 10.6. The van der Waals surface area contributed by atoms with E-state index >= 15 is 0 Å². The van der Waals surface area contributed by atoms with Crippen LogP contribution in [0.4, 0.5) is 0 Å². The van der Waals surface area contributed by atoms with Gasteiger partial charge in [-0.25, -0.2) is 24.0 Å². The van der Waals surface area contributed by atoms with Gasteiger partial charge in [0.1, 0.15) is 13.2 Å². The van der Waals surface area contributed by atoms with Crippen molar-refractivity contribution in [2.75, 3.05) is 60.5 Å². The number of carbonyl (C=O) groups is 17. The van der Waals surface area contributed by atoms with Gasteiger partial charge in [0.05, 0.1) is 82.3 Å². The highest BCUT2D eigenvalue weighted by Gasteiger charge is 2.43. The molecule has 0 aromatic heterocycles. The molecular formula is C76H130O41. The van der Waals surface area contributed by atoms with Crippen LogP contribution in [0.15, 0.2) is 48.5 Å². The molecule has 41 heteroatoms. The predicted octanol–water partition coefficient (Wildman–Crippen LogP) is 7.19. The number of unbranched alkanes of at least 4 members (excludes halogenated alkanes) is 2. The number of esters is 10. The minimum absolute atomic E-state index is 0.0206. The summed E-state index contributed by atoms with van der Waals surface area (Å²) < 4.78 is 47.3. The fourth-order valence-electron chi connectivity index (χ4n) is 5.25. The topological polar surface area (TPSA) is 666 Å². The zero-order chi connectivity index (χ0) is 94.2. The van der Waals surface area contributed by atoms with Crippen LogP contribution in [0.2, 0.25) is 0 Å². The summed E-state index contributed by atoms with van der Waals surface area (Å²) in [4.78, 5) is 177. The van der Waals surface area contributed by atoms with Crippen molar-refractivity contribution in [1.29, 1.82) is 0 Å². The van der Waals surface area contributed by atoms with Crippen molar-refractivity contribution in [2.24, 2.45) is 0 Å². The summed E-state index contributed by atoms with van der Waals surface area (Å²) in [6.45, 7) is 28.4. The Kier molecular flexibility index (Phi) is 106. The first-order valence-corrected chi connectivity index (χ1v) is 36.2. The number of hydrogen-bond donors (Lipinski definition) is 14. The quantitative estimate of drug-likeness (QED) is 0.0149. The van der Waals surface area contributed by atoms with Crippen molar-refractivity contribution in [2.45, 2.75) is 252 Å². The molecule has 0 saturated heterocycles. The molecule has 680 valence electrons. The van der Waals surface area contributed by atoms with E-state index in [1.807, 2.05) is 27.7 Å². The van der Waals surface area contributed by atoms with Gasteiger partial charge in [0.15, 0.2) is 30.6 Å². The fraction of sp³-hybridized carbons (Fsp3) is 0.618. The number of aliphatic carboxylic acids is 7. The maximum Gasteiger partial charge on any atom is 0.339 e. The standard InChI is InChI=1S/C16H22O4.C12H20O7.C10H10O4.C9H14O6.2C4H8O2.3C3H8O2.2C3H6O2.3C2H4O2/c1-3-5-11-19-15(17)13-9-7-8-10-14(13)16(18)20-12-6-4-2;1-4-17-9(13)7-12(16,11(15)19-6-3)8-10(14)18-5-2;1-13-9(11)7-5-3-4-6-8(7)10(12)14-2;1-6(10)13-4-9(15-8(3)12)5-14-7(2)11;2*1-2-3-4(5)6;5*1-2-3(4)5;3*1-2(3)4/h7-10H,3-6,11-12H2,1-2H3;16H,4-8H2,1-3H3;3-6H,1-2H3;9H,4-5H2,1-3H3;2*2-3H2,1H3,(H,5,6);3*3-5H,2H2,1H3;2*2H2,1H3,(H,4,5);3*1H3,(H,3,4). The third kappa shape index (κ3) is 121. The lowest BCUT2D eigenvalue weighted by Gasteiger charge is -2.23. The Labute approximate surface area is 682 Å². The highest BCUT2D eigenvalue weighted by atomic mass is 16.6. The number of aliphatic hydroxyl groups is 7. The Morgan fingerprint density at radius 3 is 0.752 bits per heavy atom. The monoisotopic (exact) mass is 1700 g/mol. The molecule has 0 fully saturated rings. The number of hydrogen-bond acceptors (Lipinski definition) is 34. The van der Waals surface area contributed by atoms with Gasteiger partial charge in [-0.1, -0.05) is 99.4 Å². The predicted molar refractivity (Wildman–Crippen MR) is 415 cm³/mol. The number of benzene rings is 2. The van der Waals surface area contributed by atoms with Crippen molar-refractivity contribution in [3.63, 3.8) is 0 Å². The Balaban J connectivity index is -0.000000106. The van der Waals surface area contributed by atoms with E-state index in [2.05, 4.69) is 33.2 Å². The first-order valence-electron chi connectivity index (χ1n) is 36.2. The molecule has 0 radical (unpaired) electrons. The summed E-state index contributed by atoms with van der Waals surface area (Å²) in [6, 6.07) is 12.9. The maximum absolute atomic E-state index is 11.9. The Morgan fingerprint density at radius 1 is 0.350 bits per heavy atom. The summed E-state index contributed by atoms with van der Waals surface area (Å²) in [5.74, 6) is -11.6. The summed E-state index contributed by atoms with van der Waals surface area (Å²) in [5, 5.41) is 111. The molecule has 0 aliphatic carbocycles. The van der Waals surface area contributed by atoms with E-state index in [9.17, 15) is 72.2 Å². The van der Waals surface area contributed by atoms with E-state index in [4.69, 9.17) is 95.0 Å². The molecule has 0 heterocycles. The number of ether oxygens (including phenoxy) is 10. The summed E-state index contributed by atoms with van der Waals surface area (Å²) in [7, 11) is 2.52. The summed E-state index contributed by atoms with van der Waals surface area (Å²) in [5.41, 5.74) is -1.30. The Morgan fingerprint density at radius 2 is 0.590 bits per heavy atom. The van der Waals surface area contributed by atoms with Crippen LogP contribution < -0.4 is 0 Å². The maximum atomic E-state index is 11.9. The van der Waals surface area contributed by atoms with Crippen LogP contribution in [-0.2, 0) is 110 Å². The lowest BCUT2D eigenvalue weighted by molar-refractivity contribution is -0.177. The van der Waals surface area contributed by atoms with Crippen LogP contribution in [0, 0.1) is 0 Å². The molecule has 2 rings (SSSR count). The van der Waals surface area contributed by atoms with Gasteiger partial charge in [-0.2, -0.15) is 0 Å². The SMILES string of the molecule is CC(=O)O.CC(=O)O.CC(=O)O.CC(=O)OCC(COC(C)=O)OC(C)=O.CCC(=O)O.CCC(=O)O.CCC(O)O.CCC(O)O.CCC(O)O.CCCC(=O)O.CCCC(=O)O.CCCCOC(=O)c1ccccc1C(=O)OCCCC.CCOC(=O)CC(O)(CC(=O)OCC)C(=O)OCC.COC(=O)c1ccccc1C(=O)OC. The highest BCUT2D eigenvalue weighted by Crippen LogP contribution is 2.20. The van der Waals surface area contributed by atoms with Gasteiger partial charge in [-0.05, 0) is 90.0 Å². The molecule has 0 aliphatic rings. The first-order chi connectivity index (χ1) is 54.3. The normalized spacial score (nSPS) is 9.15. The van der Waals surface area contributed by atoms with Crippen LogP contribution >= 0.6 is 0 Å². The fourth-order valence-corrected chi connectivity index (χ4v) is 5.25. The number of rotatable bonds is 32. The lowest BCUT2D eigenvalue weighted by atomic mass is 9.95. The van der Waals surface area contributed by atoms with Gasteiger partial charge < -0.3 is 119 Å². The minimum atomic E-state index is -2.26. The van der Waals surface area contributed by atoms with E-state index in [1.54, 1.807) is 91.8 Å². The molecule has 0 bridgehead atoms.